The van der Waals surface area contributed by atoms with E-state index < -0.39 is 0 Å². The van der Waals surface area contributed by atoms with E-state index in [1.807, 2.05) is 53.1 Å². The van der Waals surface area contributed by atoms with Crippen molar-refractivity contribution in [2.75, 3.05) is 6.61 Å². The molecule has 1 aromatic heterocycles. The lowest BCUT2D eigenvalue weighted by molar-refractivity contribution is 0.299. The molecule has 3 rings (SSSR count). The van der Waals surface area contributed by atoms with Gasteiger partial charge in [-0.15, -0.1) is 0 Å². The first kappa shape index (κ1) is 13.2. The van der Waals surface area contributed by atoms with Crippen LogP contribution >= 0.6 is 23.8 Å². The van der Waals surface area contributed by atoms with Gasteiger partial charge in [-0.05, 0) is 42.5 Å². The fourth-order valence-electron chi connectivity index (χ4n) is 2.12. The number of nitrogens with one attached hydrogen (secondary N) is 1. The lowest BCUT2D eigenvalue weighted by Gasteiger charge is -2.07. The van der Waals surface area contributed by atoms with Gasteiger partial charge in [-0.25, -0.2) is 0 Å². The maximum absolute atomic E-state index is 6.04. The topological polar surface area (TPSA) is 29.9 Å². The normalized spacial score (nSPS) is 10.8. The first-order chi connectivity index (χ1) is 9.74. The summed E-state index contributed by atoms with van der Waals surface area (Å²) in [4.78, 5) is 3.17. The molecule has 3 aromatic rings. The minimum atomic E-state index is 0.553. The zero-order chi connectivity index (χ0) is 13.9. The molecular weight excluding hydrogens is 292 g/mol. The van der Waals surface area contributed by atoms with Gasteiger partial charge in [-0.2, -0.15) is 0 Å². The lowest BCUT2D eigenvalue weighted by atomic mass is 10.3. The maximum Gasteiger partial charge on any atom is 0.178 e. The molecule has 1 heterocycles. The zero-order valence-electron chi connectivity index (χ0n) is 10.7. The van der Waals surface area contributed by atoms with E-state index in [0.29, 0.717) is 22.9 Å². The molecular formula is C15H13ClN2OS. The van der Waals surface area contributed by atoms with Crippen molar-refractivity contribution in [1.82, 2.24) is 9.55 Å². The third-order valence-electron chi connectivity index (χ3n) is 3.06. The Balaban J connectivity index is 1.79. The van der Waals surface area contributed by atoms with Gasteiger partial charge in [-0.1, -0.05) is 29.8 Å². The second-order valence-electron chi connectivity index (χ2n) is 4.40. The van der Waals surface area contributed by atoms with Crippen LogP contribution in [0.4, 0.5) is 0 Å². The van der Waals surface area contributed by atoms with Crippen molar-refractivity contribution in [3.63, 3.8) is 0 Å². The first-order valence-electron chi connectivity index (χ1n) is 6.30. The lowest BCUT2D eigenvalue weighted by Crippen LogP contribution is -2.08. The average molecular weight is 305 g/mol. The van der Waals surface area contributed by atoms with E-state index in [4.69, 9.17) is 28.6 Å². The molecule has 20 heavy (non-hydrogen) atoms. The third-order valence-corrected chi connectivity index (χ3v) is 3.62. The van der Waals surface area contributed by atoms with E-state index in [-0.39, 0.29) is 0 Å². The number of imidazole rings is 1. The fourth-order valence-corrected chi connectivity index (χ4v) is 2.59. The van der Waals surface area contributed by atoms with Crippen LogP contribution in [0.1, 0.15) is 0 Å². The molecule has 0 atom stereocenters. The van der Waals surface area contributed by atoms with E-state index in [9.17, 15) is 0 Å². The van der Waals surface area contributed by atoms with Crippen molar-refractivity contribution in [3.8, 4) is 5.75 Å². The number of nitrogens with zero attached hydrogens (tertiary/aromatic N) is 1. The molecule has 102 valence electrons. The predicted molar refractivity (Wildman–Crippen MR) is 84.1 cm³/mol. The second kappa shape index (κ2) is 5.69. The van der Waals surface area contributed by atoms with E-state index in [1.54, 1.807) is 0 Å². The van der Waals surface area contributed by atoms with Gasteiger partial charge in [-0.3, -0.25) is 0 Å². The Labute approximate surface area is 126 Å². The molecule has 0 aliphatic heterocycles. The highest BCUT2D eigenvalue weighted by Gasteiger charge is 2.05. The van der Waals surface area contributed by atoms with Crippen LogP contribution in [0.5, 0.6) is 5.75 Å². The van der Waals surface area contributed by atoms with Gasteiger partial charge in [0.15, 0.2) is 4.77 Å². The van der Waals surface area contributed by atoms with Crippen LogP contribution in [0.15, 0.2) is 48.5 Å². The van der Waals surface area contributed by atoms with E-state index >= 15 is 0 Å². The summed E-state index contributed by atoms with van der Waals surface area (Å²) in [5.41, 5.74) is 1.98. The quantitative estimate of drug-likeness (QED) is 0.723. The largest absolute Gasteiger partial charge is 0.492 e. The Morgan fingerprint density at radius 1 is 1.15 bits per heavy atom. The summed E-state index contributed by atoms with van der Waals surface area (Å²) in [5, 5.41) is 0.698. The van der Waals surface area contributed by atoms with Crippen LogP contribution in [0.25, 0.3) is 11.0 Å². The van der Waals surface area contributed by atoms with E-state index in [2.05, 4.69) is 4.98 Å². The first-order valence-corrected chi connectivity index (χ1v) is 7.08. The number of aromatic nitrogens is 2. The van der Waals surface area contributed by atoms with Gasteiger partial charge in [0.05, 0.1) is 17.6 Å². The van der Waals surface area contributed by atoms with Crippen molar-refractivity contribution >= 4 is 34.9 Å². The predicted octanol–water partition coefficient (Wildman–Crippen LogP) is 4.43. The number of aromatic amines is 1. The summed E-state index contributed by atoms with van der Waals surface area (Å²) in [6.45, 7) is 1.23. The zero-order valence-corrected chi connectivity index (χ0v) is 12.2. The van der Waals surface area contributed by atoms with E-state index in [1.165, 1.54) is 0 Å². The van der Waals surface area contributed by atoms with E-state index in [0.717, 1.165) is 16.8 Å². The van der Waals surface area contributed by atoms with Crippen LogP contribution in [-0.4, -0.2) is 16.2 Å². The number of halogens is 1. The molecule has 0 aliphatic rings. The Hall–Kier alpha value is -1.78. The Morgan fingerprint density at radius 2 is 1.95 bits per heavy atom. The number of hydrogen-bond acceptors (Lipinski definition) is 2. The minimum Gasteiger partial charge on any atom is -0.492 e. The molecule has 0 saturated heterocycles. The molecule has 0 bridgehead atoms. The van der Waals surface area contributed by atoms with Gasteiger partial charge < -0.3 is 14.3 Å². The van der Waals surface area contributed by atoms with Gasteiger partial charge >= 0.3 is 0 Å². The minimum absolute atomic E-state index is 0.553. The number of ether oxygens (including phenoxy) is 1. The monoisotopic (exact) mass is 304 g/mol. The number of rotatable bonds is 4. The van der Waals surface area contributed by atoms with Crippen molar-refractivity contribution in [3.05, 3.63) is 58.3 Å². The molecule has 5 heteroatoms. The molecule has 0 amide bonds. The van der Waals surface area contributed by atoms with Crippen molar-refractivity contribution in [1.29, 1.82) is 0 Å². The van der Waals surface area contributed by atoms with Crippen molar-refractivity contribution < 1.29 is 4.74 Å². The van der Waals surface area contributed by atoms with Crippen LogP contribution in [0.2, 0.25) is 5.02 Å². The van der Waals surface area contributed by atoms with Crippen LogP contribution < -0.4 is 4.74 Å². The third kappa shape index (κ3) is 2.71. The highest BCUT2D eigenvalue weighted by molar-refractivity contribution is 7.71. The highest BCUT2D eigenvalue weighted by atomic mass is 35.5. The summed E-state index contributed by atoms with van der Waals surface area (Å²) >= 11 is 11.4. The van der Waals surface area contributed by atoms with Crippen LogP contribution in [0, 0.1) is 4.77 Å². The summed E-state index contributed by atoms with van der Waals surface area (Å²) in [6.07, 6.45) is 0. The molecule has 0 aliphatic carbocycles. The molecule has 3 nitrogen and oxygen atoms in total. The number of para-hydroxylation sites is 1. The average Bonchev–Trinajstić information content (AvgIpc) is 2.76. The molecule has 0 spiro atoms. The van der Waals surface area contributed by atoms with Crippen LogP contribution in [0.3, 0.4) is 0 Å². The summed E-state index contributed by atoms with van der Waals surface area (Å²) in [6, 6.07) is 15.4. The Kier molecular flexibility index (Phi) is 3.76. The SMILES string of the molecule is S=c1[nH]c2ccc(Cl)cc2n1CCOc1ccccc1. The standard InChI is InChI=1S/C15H13ClN2OS/c16-11-6-7-13-14(10-11)18(15(20)17-13)8-9-19-12-4-2-1-3-5-12/h1-7,10H,8-9H2,(H,17,20). The molecule has 2 aromatic carbocycles. The van der Waals surface area contributed by atoms with Gasteiger partial charge in [0.25, 0.3) is 0 Å². The second-order valence-corrected chi connectivity index (χ2v) is 5.23. The van der Waals surface area contributed by atoms with Gasteiger partial charge in [0.1, 0.15) is 12.4 Å². The number of H-pyrrole nitrogens is 1. The molecule has 1 N–H and O–H groups in total. The summed E-state index contributed by atoms with van der Waals surface area (Å²) in [7, 11) is 0. The summed E-state index contributed by atoms with van der Waals surface area (Å²) < 4.78 is 8.38. The fraction of sp³-hybridized carbons (Fsp3) is 0.133. The van der Waals surface area contributed by atoms with Crippen molar-refractivity contribution in [2.45, 2.75) is 6.54 Å². The number of fused-ring (bicyclic) bond motifs is 1. The summed E-state index contributed by atoms with van der Waals surface area (Å²) in [5.74, 6) is 0.858. The van der Waals surface area contributed by atoms with Crippen LogP contribution in [-0.2, 0) is 6.54 Å². The molecule has 0 saturated carbocycles. The van der Waals surface area contributed by atoms with Crippen molar-refractivity contribution in [2.24, 2.45) is 0 Å². The Morgan fingerprint density at radius 3 is 2.75 bits per heavy atom. The maximum atomic E-state index is 6.04. The number of hydrogen-bond donors (Lipinski definition) is 1. The smallest absolute Gasteiger partial charge is 0.178 e. The number of benzene rings is 2. The van der Waals surface area contributed by atoms with Gasteiger partial charge in [0.2, 0.25) is 0 Å². The molecule has 0 fully saturated rings. The Bertz CT molecular complexity index is 779. The highest BCUT2D eigenvalue weighted by Crippen LogP contribution is 2.19. The molecule has 0 radical (unpaired) electrons. The molecule has 0 unspecified atom stereocenters. The van der Waals surface area contributed by atoms with Gasteiger partial charge in [0, 0.05) is 5.02 Å².